The van der Waals surface area contributed by atoms with Crippen molar-refractivity contribution in [2.45, 2.75) is 57.3 Å². The van der Waals surface area contributed by atoms with Gasteiger partial charge in [-0.2, -0.15) is 5.10 Å². The Labute approximate surface area is 513 Å². The number of carbonyl (C=O) groups excluding carboxylic acids is 5. The van der Waals surface area contributed by atoms with Crippen LogP contribution in [-0.2, 0) is 54.5 Å². The molecule has 2 fully saturated rings. The Morgan fingerprint density at radius 2 is 1.22 bits per heavy atom. The van der Waals surface area contributed by atoms with Crippen molar-refractivity contribution in [1.82, 2.24) is 55.2 Å². The van der Waals surface area contributed by atoms with E-state index in [1.807, 2.05) is 13.8 Å². The molecule has 30 nitrogen and oxygen atoms in total. The molecule has 9 N–H and O–H groups in total. The molecule has 5 amide bonds. The van der Waals surface area contributed by atoms with E-state index in [0.717, 1.165) is 0 Å². The summed E-state index contributed by atoms with van der Waals surface area (Å²) in [5.41, 5.74) is 2.65. The summed E-state index contributed by atoms with van der Waals surface area (Å²) in [5.74, 6) is -10.0. The second kappa shape index (κ2) is 30.4. The molecule has 2 atom stereocenters. The molecule has 0 aliphatic carbocycles. The van der Waals surface area contributed by atoms with E-state index in [9.17, 15) is 73.5 Å². The van der Waals surface area contributed by atoms with E-state index in [4.69, 9.17) is 42.5 Å². The van der Waals surface area contributed by atoms with Crippen LogP contribution < -0.4 is 30.7 Å². The van der Waals surface area contributed by atoms with Gasteiger partial charge in [-0.05, 0) is 44.2 Å². The molecule has 88 heavy (non-hydrogen) atoms. The third kappa shape index (κ3) is 18.5. The fourth-order valence-electron chi connectivity index (χ4n) is 10.2. The summed E-state index contributed by atoms with van der Waals surface area (Å²) in [6, 6.07) is 6.25. The highest BCUT2D eigenvalue weighted by Crippen LogP contribution is 2.47. The third-order valence-corrected chi connectivity index (χ3v) is 14.9. The zero-order valence-electron chi connectivity index (χ0n) is 48.3. The number of methoxy groups -OCH3 is 1. The lowest BCUT2D eigenvalue weighted by molar-refractivity contribution is -0.143. The first kappa shape index (κ1) is 67.0. The van der Waals surface area contributed by atoms with E-state index in [1.165, 1.54) is 34.2 Å². The number of morpholine rings is 1. The van der Waals surface area contributed by atoms with Crippen LogP contribution in [-0.4, -0.2) is 254 Å². The van der Waals surface area contributed by atoms with E-state index in [0.29, 0.717) is 74.9 Å². The Balaban J connectivity index is 1.01. The lowest BCUT2D eigenvalue weighted by Crippen LogP contribution is -2.56. The number of hydrogen-bond donors (Lipinski definition) is 9. The smallest absolute Gasteiger partial charge is 0.317 e. The number of nitrogens with one attached hydrogen (secondary N) is 4. The molecule has 2 saturated heterocycles. The van der Waals surface area contributed by atoms with Crippen LogP contribution in [0.1, 0.15) is 49.2 Å². The van der Waals surface area contributed by atoms with Crippen LogP contribution >= 0.6 is 23.2 Å². The van der Waals surface area contributed by atoms with E-state index in [-0.39, 0.29) is 95.8 Å². The summed E-state index contributed by atoms with van der Waals surface area (Å²) in [6.45, 7) is 3.16. The molecule has 0 bridgehead atoms. The summed E-state index contributed by atoms with van der Waals surface area (Å²) in [5, 5.41) is 63.2. The first-order valence-electron chi connectivity index (χ1n) is 27.7. The second-order valence-electron chi connectivity index (χ2n) is 21.6. The van der Waals surface area contributed by atoms with Crippen LogP contribution in [0.5, 0.6) is 11.5 Å². The van der Waals surface area contributed by atoms with Crippen molar-refractivity contribution in [3.05, 3.63) is 70.1 Å². The Morgan fingerprint density at radius 1 is 0.659 bits per heavy atom. The number of nitrogens with zero attached hydrogens (tertiary/aromatic N) is 8. The van der Waals surface area contributed by atoms with Crippen molar-refractivity contribution < 1.29 is 87.7 Å². The van der Waals surface area contributed by atoms with Crippen molar-refractivity contribution in [2.24, 2.45) is 0 Å². The molecule has 2 aromatic carbocycles. The van der Waals surface area contributed by atoms with Crippen LogP contribution in [0.25, 0.3) is 28.1 Å². The Kier molecular flexibility index (Phi) is 23.1. The predicted molar refractivity (Wildman–Crippen MR) is 312 cm³/mol. The summed E-state index contributed by atoms with van der Waals surface area (Å²) in [6.07, 6.45) is 0.494. The van der Waals surface area contributed by atoms with Crippen molar-refractivity contribution in [2.75, 3.05) is 117 Å². The van der Waals surface area contributed by atoms with Gasteiger partial charge in [0, 0.05) is 116 Å². The minimum Gasteiger partial charge on any atom is -0.496 e. The number of fused-ring (bicyclic) bond motifs is 3. The predicted octanol–water partition coefficient (Wildman–Crippen LogP) is 0.899. The highest BCUT2D eigenvalue weighted by molar-refractivity contribution is 6.35. The number of carboxylic acid groups (broad SMARTS) is 5. The van der Waals surface area contributed by atoms with Crippen LogP contribution in [0.2, 0.25) is 10.0 Å². The largest absolute Gasteiger partial charge is 0.496 e. The number of benzene rings is 2. The lowest BCUT2D eigenvalue weighted by atomic mass is 9.95. The van der Waals surface area contributed by atoms with Crippen LogP contribution in [0.15, 0.2) is 48.8 Å². The zero-order chi connectivity index (χ0) is 64.0. The van der Waals surface area contributed by atoms with Gasteiger partial charge in [0.05, 0.1) is 88.1 Å². The lowest BCUT2D eigenvalue weighted by Gasteiger charge is -2.41. The first-order valence-corrected chi connectivity index (χ1v) is 28.5. The molecule has 5 heterocycles. The summed E-state index contributed by atoms with van der Waals surface area (Å²) < 4.78 is 19.4. The maximum Gasteiger partial charge on any atom is 0.317 e. The highest BCUT2D eigenvalue weighted by atomic mass is 35.5. The van der Waals surface area contributed by atoms with Gasteiger partial charge in [-0.25, -0.2) is 4.68 Å². The fraction of sp³-hybridized carbons (Fsp3) is 0.464. The number of halogens is 2. The molecule has 0 radical (unpaired) electrons. The molecule has 3 aliphatic heterocycles. The van der Waals surface area contributed by atoms with E-state index >= 15 is 0 Å². The Hall–Kier alpha value is -8.52. The molecule has 2 aromatic heterocycles. The monoisotopic (exact) mass is 1270 g/mol. The van der Waals surface area contributed by atoms with Crippen LogP contribution in [0.4, 0.5) is 5.69 Å². The van der Waals surface area contributed by atoms with Crippen LogP contribution in [0.3, 0.4) is 0 Å². The summed E-state index contributed by atoms with van der Waals surface area (Å²) >= 11 is 13.0. The van der Waals surface area contributed by atoms with Gasteiger partial charge in [0.2, 0.25) is 23.6 Å². The minimum atomic E-state index is -1.86. The van der Waals surface area contributed by atoms with Crippen molar-refractivity contribution >= 4 is 88.3 Å². The number of pyridine rings is 1. The van der Waals surface area contributed by atoms with Crippen molar-refractivity contribution in [3.8, 4) is 39.6 Å². The molecule has 0 unspecified atom stereocenters. The average molecular weight is 1270 g/mol. The number of rotatable bonds is 24. The van der Waals surface area contributed by atoms with Gasteiger partial charge in [0.1, 0.15) is 30.2 Å². The van der Waals surface area contributed by atoms with Gasteiger partial charge in [-0.1, -0.05) is 23.2 Å². The first-order chi connectivity index (χ1) is 41.8. The number of amides is 5. The van der Waals surface area contributed by atoms with Crippen molar-refractivity contribution in [3.63, 3.8) is 0 Å². The quantitative estimate of drug-likeness (QED) is 0.0470. The van der Waals surface area contributed by atoms with Crippen LogP contribution in [0, 0.1) is 0 Å². The number of ether oxygens (including phenoxy) is 3. The molecule has 474 valence electrons. The molecule has 4 aromatic rings. The third-order valence-electron chi connectivity index (χ3n) is 14.5. The van der Waals surface area contributed by atoms with Gasteiger partial charge in [0.15, 0.2) is 5.69 Å². The number of anilines is 1. The standard InChI is InChI=1S/C56H68Cl2N12O18/c1-56(2)31-87-15-14-69(56)55(85)51-39-30-88-43-23-42(86-3)37(20-38(43)52(39)70(64-51)36-18-33(57)17-34(58)19-36)32-16-35(25-59-24-32)61-44(71)4-5-60-53(83)40(21-46(73)74)63-54(84)41(22-47(75)76)62-45(72)26-65-6-8-66(27-48(77)78)10-12-68(29-50(81)82)13-11-67(9-7-65)28-49(79)80/h16-20,23-25,40-41H,4-15,21-22,26-31H2,1-3H3,(H,60,83)(H,61,71)(H,62,72)(H,63,84)(H,73,74)(H,75,76)(H,77,78)(H,79,80)(H,81,82)/t40-,41-/m1/s1. The molecular weight excluding hydrogens is 1200 g/mol. The maximum absolute atomic E-state index is 14.4. The molecule has 0 saturated carbocycles. The fourth-order valence-corrected chi connectivity index (χ4v) is 10.7. The number of aromatic nitrogens is 3. The van der Waals surface area contributed by atoms with Gasteiger partial charge in [-0.15, -0.1) is 0 Å². The zero-order valence-corrected chi connectivity index (χ0v) is 49.8. The Morgan fingerprint density at radius 3 is 1.75 bits per heavy atom. The maximum atomic E-state index is 14.4. The second-order valence-corrected chi connectivity index (χ2v) is 22.5. The van der Waals surface area contributed by atoms with E-state index in [1.54, 1.807) is 50.9 Å². The Bertz CT molecular complexity index is 3260. The molecule has 32 heteroatoms. The summed E-state index contributed by atoms with van der Waals surface area (Å²) in [7, 11) is 1.46. The van der Waals surface area contributed by atoms with Gasteiger partial charge in [-0.3, -0.25) is 72.5 Å². The van der Waals surface area contributed by atoms with Gasteiger partial charge < -0.3 is 65.9 Å². The normalized spacial score (nSPS) is 16.6. The summed E-state index contributed by atoms with van der Waals surface area (Å²) in [4.78, 5) is 140. The highest BCUT2D eigenvalue weighted by Gasteiger charge is 2.40. The van der Waals surface area contributed by atoms with Crippen molar-refractivity contribution in [1.29, 1.82) is 0 Å². The number of carbonyl (C=O) groups is 10. The van der Waals surface area contributed by atoms with Gasteiger partial charge in [0.25, 0.3) is 5.91 Å². The average Bonchev–Trinajstić information content (AvgIpc) is 1.57. The van der Waals surface area contributed by atoms with Gasteiger partial charge >= 0.3 is 29.8 Å². The number of carboxylic acids is 5. The molecule has 0 spiro atoms. The molecular formula is C56H68Cl2N12O18. The van der Waals surface area contributed by atoms with E-state index < -0.39 is 104 Å². The van der Waals surface area contributed by atoms with E-state index in [2.05, 4.69) is 26.3 Å². The SMILES string of the molecule is COc1cc2c(cc1-c1cncc(NC(=O)CCNC(=O)[C@@H](CC(=O)O)NC(=O)[C@@H](CC(=O)O)NC(=O)CN3CCN(CC(=O)O)CCN(CC(=O)O)CCN(CC(=O)O)CC3)c1)-c1c(c(C(=O)N3CCOCC3(C)C)nn1-c1cc(Cl)cc(Cl)c1)CO2. The molecule has 3 aliphatic rings. The number of aliphatic carboxylic acids is 5. The minimum absolute atomic E-state index is 0.0135. The molecule has 7 rings (SSSR count). The topological polar surface area (TPSA) is 395 Å². The number of hydrogen-bond acceptors (Lipinski definition) is 19.